The summed E-state index contributed by atoms with van der Waals surface area (Å²) in [5.41, 5.74) is 8.42. The second-order valence-corrected chi connectivity index (χ2v) is 11.5. The Kier molecular flexibility index (Phi) is 10.8. The molecule has 4 rings (SSSR count). The van der Waals surface area contributed by atoms with Crippen LogP contribution in [0.1, 0.15) is 44.2 Å². The quantitative estimate of drug-likeness (QED) is 0.295. The molecule has 6 nitrogen and oxygen atoms in total. The van der Waals surface area contributed by atoms with Crippen LogP contribution >= 0.6 is 0 Å². The van der Waals surface area contributed by atoms with Crippen LogP contribution in [0.2, 0.25) is 0 Å². The fourth-order valence-corrected chi connectivity index (χ4v) is 5.72. The van der Waals surface area contributed by atoms with Gasteiger partial charge in [0.15, 0.2) is 0 Å². The maximum absolute atomic E-state index is 15.5. The van der Waals surface area contributed by atoms with E-state index < -0.39 is 0 Å². The molecular weight excluding hydrogens is 523 g/mol. The Morgan fingerprint density at radius 3 is 2.38 bits per heavy atom. The number of aromatic nitrogens is 1. The number of piperidine rings is 1. The molecule has 0 radical (unpaired) electrons. The number of allylic oxidation sites excluding steroid dienone is 5. The van der Waals surface area contributed by atoms with E-state index in [0.29, 0.717) is 22.5 Å². The van der Waals surface area contributed by atoms with Gasteiger partial charge in [0.2, 0.25) is 0 Å². The number of benzene rings is 1. The molecule has 0 atom stereocenters. The van der Waals surface area contributed by atoms with Crippen LogP contribution < -0.4 is 10.6 Å². The standard InChI is InChI=1S/C35H47FN6/c1-8-12-35(42-17-15-40(7)16-18-42)26(3)28(5)39-27(4)25(2)31-20-32(33(36)21-34(31)37-6)30-19-29(22-38-23-30)24-41-13-10-9-11-14-41/h8,12,19-23,37,39H,1-2,4,9-11,13-18,24H2,3,5-7H3/b28-26+,35-12+. The van der Waals surface area contributed by atoms with Gasteiger partial charge in [-0.15, -0.1) is 0 Å². The molecule has 1 aromatic carbocycles. The minimum atomic E-state index is -0.301. The first-order valence-corrected chi connectivity index (χ1v) is 15.0. The molecule has 0 aliphatic carbocycles. The average molecular weight is 571 g/mol. The summed E-state index contributed by atoms with van der Waals surface area (Å²) in [5, 5.41) is 6.62. The number of anilines is 1. The van der Waals surface area contributed by atoms with Gasteiger partial charge in [-0.3, -0.25) is 9.88 Å². The monoisotopic (exact) mass is 570 g/mol. The largest absolute Gasteiger partial charge is 0.388 e. The highest BCUT2D eigenvalue weighted by molar-refractivity contribution is 5.86. The third kappa shape index (κ3) is 7.58. The Labute approximate surface area is 252 Å². The fourth-order valence-electron chi connectivity index (χ4n) is 5.72. The van der Waals surface area contributed by atoms with Crippen molar-refractivity contribution in [1.29, 1.82) is 0 Å². The zero-order chi connectivity index (χ0) is 30.2. The van der Waals surface area contributed by atoms with Crippen LogP contribution in [-0.2, 0) is 6.54 Å². The third-order valence-corrected chi connectivity index (χ3v) is 8.43. The van der Waals surface area contributed by atoms with Gasteiger partial charge in [-0.1, -0.05) is 32.2 Å². The first kappa shape index (κ1) is 31.3. The van der Waals surface area contributed by atoms with Gasteiger partial charge in [-0.05, 0) is 87.8 Å². The van der Waals surface area contributed by atoms with E-state index in [-0.39, 0.29) is 5.82 Å². The molecule has 0 spiro atoms. The first-order chi connectivity index (χ1) is 20.2. The minimum Gasteiger partial charge on any atom is -0.388 e. The zero-order valence-electron chi connectivity index (χ0n) is 25.9. The Morgan fingerprint density at radius 1 is 1.00 bits per heavy atom. The fraction of sp³-hybridized carbons (Fsp3) is 0.400. The Balaban J connectivity index is 1.57. The van der Waals surface area contributed by atoms with Crippen LogP contribution in [0.15, 0.2) is 85.1 Å². The van der Waals surface area contributed by atoms with Gasteiger partial charge >= 0.3 is 0 Å². The summed E-state index contributed by atoms with van der Waals surface area (Å²) in [6, 6.07) is 5.45. The SMILES string of the molecule is C=C/C=C(\C(C)=C(/C)NC(=C)C(=C)c1cc(-c2cncc(CN3CCCCC3)c2)c(F)cc1NC)N1CCN(C)CC1. The van der Waals surface area contributed by atoms with Gasteiger partial charge in [0, 0.05) is 91.6 Å². The zero-order valence-corrected chi connectivity index (χ0v) is 25.9. The summed E-state index contributed by atoms with van der Waals surface area (Å²) in [5.74, 6) is -0.301. The lowest BCUT2D eigenvalue weighted by Gasteiger charge is -2.36. The number of likely N-dealkylation sites (tertiary alicyclic amines) is 1. The van der Waals surface area contributed by atoms with Crippen molar-refractivity contribution in [1.82, 2.24) is 25.0 Å². The molecule has 2 fully saturated rings. The average Bonchev–Trinajstić information content (AvgIpc) is 3.00. The van der Waals surface area contributed by atoms with Crippen molar-refractivity contribution in [3.8, 4) is 11.1 Å². The molecule has 2 aliphatic heterocycles. The van der Waals surface area contributed by atoms with Gasteiger partial charge < -0.3 is 20.4 Å². The number of hydrogen-bond acceptors (Lipinski definition) is 6. The van der Waals surface area contributed by atoms with E-state index in [1.165, 1.54) is 25.3 Å². The van der Waals surface area contributed by atoms with Gasteiger partial charge in [0.25, 0.3) is 0 Å². The summed E-state index contributed by atoms with van der Waals surface area (Å²) in [6.07, 6.45) is 11.3. The Hall–Kier alpha value is -3.68. The highest BCUT2D eigenvalue weighted by Gasteiger charge is 2.20. The first-order valence-electron chi connectivity index (χ1n) is 15.0. The number of hydrogen-bond donors (Lipinski definition) is 2. The van der Waals surface area contributed by atoms with E-state index in [1.807, 2.05) is 18.3 Å². The van der Waals surface area contributed by atoms with E-state index in [0.717, 1.165) is 79.5 Å². The highest BCUT2D eigenvalue weighted by Crippen LogP contribution is 2.34. The molecule has 42 heavy (non-hydrogen) atoms. The number of pyridine rings is 1. The number of nitrogens with one attached hydrogen (secondary N) is 2. The summed E-state index contributed by atoms with van der Waals surface area (Å²) in [6.45, 7) is 23.8. The molecule has 224 valence electrons. The number of nitrogens with zero attached hydrogens (tertiary/aromatic N) is 4. The molecule has 7 heteroatoms. The molecule has 0 amide bonds. The number of halogens is 1. The van der Waals surface area contributed by atoms with Gasteiger partial charge in [0.1, 0.15) is 5.82 Å². The summed E-state index contributed by atoms with van der Waals surface area (Å²) < 4.78 is 15.5. The lowest BCUT2D eigenvalue weighted by Crippen LogP contribution is -2.44. The van der Waals surface area contributed by atoms with Crippen molar-refractivity contribution >= 4 is 11.3 Å². The summed E-state index contributed by atoms with van der Waals surface area (Å²) in [4.78, 5) is 11.7. The van der Waals surface area contributed by atoms with E-state index in [9.17, 15) is 0 Å². The summed E-state index contributed by atoms with van der Waals surface area (Å²) >= 11 is 0. The van der Waals surface area contributed by atoms with Gasteiger partial charge in [-0.25, -0.2) is 4.39 Å². The van der Waals surface area contributed by atoms with E-state index in [4.69, 9.17) is 0 Å². The minimum absolute atomic E-state index is 0.301. The predicted octanol–water partition coefficient (Wildman–Crippen LogP) is 6.64. The highest BCUT2D eigenvalue weighted by atomic mass is 19.1. The predicted molar refractivity (Wildman–Crippen MR) is 175 cm³/mol. The van der Waals surface area contributed by atoms with Crippen molar-refractivity contribution in [3.05, 3.63) is 102 Å². The maximum Gasteiger partial charge on any atom is 0.133 e. The molecule has 0 saturated carbocycles. The van der Waals surface area contributed by atoms with Crippen LogP contribution in [0.4, 0.5) is 10.1 Å². The van der Waals surface area contributed by atoms with Crippen LogP contribution in [0, 0.1) is 5.82 Å². The van der Waals surface area contributed by atoms with Crippen LogP contribution in [-0.4, -0.2) is 73.0 Å². The molecular formula is C35H47FN6. The molecule has 3 heterocycles. The normalized spacial score (nSPS) is 17.5. The molecule has 0 unspecified atom stereocenters. The van der Waals surface area contributed by atoms with E-state index in [1.54, 1.807) is 13.2 Å². The second-order valence-electron chi connectivity index (χ2n) is 11.5. The number of rotatable bonds is 11. The smallest absolute Gasteiger partial charge is 0.133 e. The number of piperazine rings is 1. The molecule has 2 saturated heterocycles. The van der Waals surface area contributed by atoms with Crippen molar-refractivity contribution in [2.45, 2.75) is 39.7 Å². The second kappa shape index (κ2) is 14.5. The van der Waals surface area contributed by atoms with Gasteiger partial charge in [-0.2, -0.15) is 0 Å². The lowest BCUT2D eigenvalue weighted by atomic mass is 9.96. The van der Waals surface area contributed by atoms with Crippen LogP contribution in [0.25, 0.3) is 16.7 Å². The molecule has 1 aromatic heterocycles. The molecule has 2 aromatic rings. The van der Waals surface area contributed by atoms with E-state index >= 15 is 4.39 Å². The third-order valence-electron chi connectivity index (χ3n) is 8.43. The molecule has 2 N–H and O–H groups in total. The van der Waals surface area contributed by atoms with Crippen LogP contribution in [0.5, 0.6) is 0 Å². The van der Waals surface area contributed by atoms with Crippen molar-refractivity contribution < 1.29 is 4.39 Å². The van der Waals surface area contributed by atoms with Crippen molar-refractivity contribution in [2.75, 3.05) is 58.7 Å². The lowest BCUT2D eigenvalue weighted by molar-refractivity contribution is 0.188. The molecule has 0 bridgehead atoms. The molecule has 2 aliphatic rings. The van der Waals surface area contributed by atoms with E-state index in [2.05, 4.69) is 83.1 Å². The van der Waals surface area contributed by atoms with Crippen LogP contribution in [0.3, 0.4) is 0 Å². The Morgan fingerprint density at radius 2 is 1.71 bits per heavy atom. The topological polar surface area (TPSA) is 46.7 Å². The Bertz CT molecular complexity index is 1360. The van der Waals surface area contributed by atoms with Gasteiger partial charge in [0.05, 0.1) is 0 Å². The number of likely N-dealkylation sites (N-methyl/N-ethyl adjacent to an activating group) is 1. The van der Waals surface area contributed by atoms with Crippen molar-refractivity contribution in [3.63, 3.8) is 0 Å². The van der Waals surface area contributed by atoms with Crippen molar-refractivity contribution in [2.24, 2.45) is 0 Å². The summed E-state index contributed by atoms with van der Waals surface area (Å²) in [7, 11) is 3.95. The maximum atomic E-state index is 15.5.